The fourth-order valence-corrected chi connectivity index (χ4v) is 4.88. The van der Waals surface area contributed by atoms with E-state index in [0.29, 0.717) is 12.0 Å². The molecule has 0 bridgehead atoms. The lowest BCUT2D eigenvalue weighted by Gasteiger charge is -2.35. The second-order valence-electron chi connectivity index (χ2n) is 6.62. The maximum atomic E-state index is 12.6. The Morgan fingerprint density at radius 3 is 2.52 bits per heavy atom. The van der Waals surface area contributed by atoms with Crippen molar-refractivity contribution in [1.29, 1.82) is 0 Å². The maximum absolute atomic E-state index is 12.6. The molecule has 1 N–H and O–H groups in total. The highest BCUT2D eigenvalue weighted by Crippen LogP contribution is 2.33. The van der Waals surface area contributed by atoms with Crippen LogP contribution in [0.25, 0.3) is 0 Å². The summed E-state index contributed by atoms with van der Waals surface area (Å²) in [6.07, 6.45) is 0.545. The molecule has 1 heterocycles. The van der Waals surface area contributed by atoms with Crippen LogP contribution in [-0.2, 0) is 21.2 Å². The minimum Gasteiger partial charge on any atom is -0.480 e. The summed E-state index contributed by atoms with van der Waals surface area (Å²) in [4.78, 5) is 11.6. The van der Waals surface area contributed by atoms with Gasteiger partial charge in [-0.2, -0.15) is 4.31 Å². The third-order valence-electron chi connectivity index (χ3n) is 3.45. The number of aliphatic carboxylic acids is 1. The average Bonchev–Trinajstić information content (AvgIpc) is 2.34. The smallest absolute Gasteiger partial charge is 0.326 e. The van der Waals surface area contributed by atoms with E-state index in [4.69, 9.17) is 0 Å². The van der Waals surface area contributed by atoms with Gasteiger partial charge < -0.3 is 5.11 Å². The van der Waals surface area contributed by atoms with Crippen molar-refractivity contribution in [3.05, 3.63) is 35.4 Å². The zero-order valence-corrected chi connectivity index (χ0v) is 13.4. The average molecular weight is 311 g/mol. The molecule has 1 aliphatic rings. The summed E-state index contributed by atoms with van der Waals surface area (Å²) >= 11 is 0. The van der Waals surface area contributed by atoms with Gasteiger partial charge in [0.15, 0.2) is 0 Å². The zero-order chi connectivity index (χ0) is 15.8. The quantitative estimate of drug-likeness (QED) is 0.927. The fourth-order valence-electron chi connectivity index (χ4n) is 2.73. The fraction of sp³-hybridized carbons (Fsp3) is 0.533. The molecule has 2 rings (SSSR count). The number of nitrogens with zero attached hydrogens (tertiary/aromatic N) is 1. The number of carbonyl (C=O) groups is 1. The maximum Gasteiger partial charge on any atom is 0.326 e. The molecule has 0 saturated heterocycles. The van der Waals surface area contributed by atoms with Gasteiger partial charge in [-0.3, -0.25) is 4.79 Å². The molecule has 116 valence electrons. The van der Waals surface area contributed by atoms with Crippen LogP contribution in [-0.4, -0.2) is 36.1 Å². The molecule has 1 aromatic carbocycles. The second kappa shape index (κ2) is 5.42. The minimum absolute atomic E-state index is 0.0635. The SMILES string of the molecule is CC(C)(C)CS(=O)(=O)N1CCc2ccccc2C1C(=O)O. The standard InChI is InChI=1S/C15H21NO4S/c1-15(2,3)10-21(19,20)16-9-8-11-6-4-5-7-12(11)13(16)14(17)18/h4-7,13H,8-10H2,1-3H3,(H,17,18). The summed E-state index contributed by atoms with van der Waals surface area (Å²) in [6.45, 7) is 5.71. The molecule has 0 radical (unpaired) electrons. The Labute approximate surface area is 125 Å². The van der Waals surface area contributed by atoms with E-state index in [1.807, 2.05) is 32.9 Å². The van der Waals surface area contributed by atoms with Crippen LogP contribution >= 0.6 is 0 Å². The number of hydrogen-bond acceptors (Lipinski definition) is 3. The van der Waals surface area contributed by atoms with E-state index >= 15 is 0 Å². The Bertz CT molecular complexity index is 646. The lowest BCUT2D eigenvalue weighted by molar-refractivity contribution is -0.142. The van der Waals surface area contributed by atoms with Crippen molar-refractivity contribution in [1.82, 2.24) is 4.31 Å². The van der Waals surface area contributed by atoms with Crippen LogP contribution in [0.15, 0.2) is 24.3 Å². The van der Waals surface area contributed by atoms with Gasteiger partial charge in [-0.1, -0.05) is 45.0 Å². The first kappa shape index (κ1) is 16.0. The van der Waals surface area contributed by atoms with Crippen LogP contribution in [0.5, 0.6) is 0 Å². The molecule has 0 amide bonds. The number of rotatable bonds is 3. The predicted molar refractivity (Wildman–Crippen MR) is 80.5 cm³/mol. The molecule has 0 fully saturated rings. The Kier molecular flexibility index (Phi) is 4.13. The molecule has 1 aliphatic heterocycles. The van der Waals surface area contributed by atoms with Crippen molar-refractivity contribution in [3.8, 4) is 0 Å². The van der Waals surface area contributed by atoms with E-state index in [1.165, 1.54) is 0 Å². The highest BCUT2D eigenvalue weighted by Gasteiger charge is 2.41. The molecular formula is C15H21NO4S. The van der Waals surface area contributed by atoms with E-state index in [0.717, 1.165) is 9.87 Å². The van der Waals surface area contributed by atoms with Gasteiger partial charge in [0.25, 0.3) is 0 Å². The van der Waals surface area contributed by atoms with E-state index in [-0.39, 0.29) is 12.3 Å². The van der Waals surface area contributed by atoms with Gasteiger partial charge in [0, 0.05) is 6.54 Å². The molecule has 0 saturated carbocycles. The normalized spacial score (nSPS) is 20.0. The number of fused-ring (bicyclic) bond motifs is 1. The largest absolute Gasteiger partial charge is 0.480 e. The Hall–Kier alpha value is -1.40. The van der Waals surface area contributed by atoms with Crippen LogP contribution in [0.1, 0.15) is 37.9 Å². The molecule has 21 heavy (non-hydrogen) atoms. The molecule has 0 aromatic heterocycles. The second-order valence-corrected chi connectivity index (χ2v) is 8.54. The summed E-state index contributed by atoms with van der Waals surface area (Å²) in [6, 6.07) is 6.03. The molecule has 1 unspecified atom stereocenters. The first-order valence-corrected chi connectivity index (χ1v) is 8.53. The van der Waals surface area contributed by atoms with Crippen molar-refractivity contribution in [3.63, 3.8) is 0 Å². The number of carboxylic acids is 1. The van der Waals surface area contributed by atoms with Gasteiger partial charge in [0.2, 0.25) is 10.0 Å². The third-order valence-corrected chi connectivity index (χ3v) is 5.78. The number of hydrogen-bond donors (Lipinski definition) is 1. The molecule has 0 spiro atoms. The van der Waals surface area contributed by atoms with Gasteiger partial charge >= 0.3 is 5.97 Å². The Balaban J connectivity index is 2.44. The van der Waals surface area contributed by atoms with E-state index < -0.39 is 27.4 Å². The summed E-state index contributed by atoms with van der Waals surface area (Å²) in [5, 5.41) is 9.51. The Morgan fingerprint density at radius 2 is 1.95 bits per heavy atom. The summed E-state index contributed by atoms with van der Waals surface area (Å²) in [5.41, 5.74) is 1.07. The lowest BCUT2D eigenvalue weighted by Crippen LogP contribution is -2.46. The van der Waals surface area contributed by atoms with Gasteiger partial charge in [0.1, 0.15) is 6.04 Å². The topological polar surface area (TPSA) is 74.7 Å². The van der Waals surface area contributed by atoms with Crippen LogP contribution in [0, 0.1) is 5.41 Å². The van der Waals surface area contributed by atoms with Gasteiger partial charge in [-0.25, -0.2) is 8.42 Å². The van der Waals surface area contributed by atoms with Crippen LogP contribution in [0.4, 0.5) is 0 Å². The summed E-state index contributed by atoms with van der Waals surface area (Å²) in [7, 11) is -3.63. The zero-order valence-electron chi connectivity index (χ0n) is 12.5. The van der Waals surface area contributed by atoms with Gasteiger partial charge in [-0.05, 0) is 23.0 Å². The monoisotopic (exact) mass is 311 g/mol. The van der Waals surface area contributed by atoms with Gasteiger partial charge in [0.05, 0.1) is 5.75 Å². The first-order chi connectivity index (χ1) is 9.62. The number of sulfonamides is 1. The van der Waals surface area contributed by atoms with Crippen LogP contribution < -0.4 is 0 Å². The van der Waals surface area contributed by atoms with Crippen molar-refractivity contribution in [2.45, 2.75) is 33.2 Å². The first-order valence-electron chi connectivity index (χ1n) is 6.92. The predicted octanol–water partition coefficient (Wildman–Crippen LogP) is 2.05. The molecular weight excluding hydrogens is 290 g/mol. The Morgan fingerprint density at radius 1 is 1.33 bits per heavy atom. The molecule has 0 aliphatic carbocycles. The molecule has 1 atom stereocenters. The van der Waals surface area contributed by atoms with Crippen molar-refractivity contribution < 1.29 is 18.3 Å². The number of benzene rings is 1. The summed E-state index contributed by atoms with van der Waals surface area (Å²) in [5.74, 6) is -1.19. The third kappa shape index (κ3) is 3.44. The van der Waals surface area contributed by atoms with Crippen LogP contribution in [0.2, 0.25) is 0 Å². The molecule has 6 heteroatoms. The lowest BCUT2D eigenvalue weighted by atomic mass is 9.94. The molecule has 5 nitrogen and oxygen atoms in total. The minimum atomic E-state index is -3.63. The highest BCUT2D eigenvalue weighted by molar-refractivity contribution is 7.89. The van der Waals surface area contributed by atoms with Gasteiger partial charge in [-0.15, -0.1) is 0 Å². The van der Waals surface area contributed by atoms with Crippen molar-refractivity contribution in [2.24, 2.45) is 5.41 Å². The van der Waals surface area contributed by atoms with E-state index in [9.17, 15) is 18.3 Å². The van der Waals surface area contributed by atoms with E-state index in [2.05, 4.69) is 0 Å². The highest BCUT2D eigenvalue weighted by atomic mass is 32.2. The van der Waals surface area contributed by atoms with E-state index in [1.54, 1.807) is 12.1 Å². The van der Waals surface area contributed by atoms with Crippen LogP contribution in [0.3, 0.4) is 0 Å². The van der Waals surface area contributed by atoms with Crippen molar-refractivity contribution >= 4 is 16.0 Å². The van der Waals surface area contributed by atoms with Crippen molar-refractivity contribution in [2.75, 3.05) is 12.3 Å². The summed E-state index contributed by atoms with van der Waals surface area (Å²) < 4.78 is 26.3. The number of carboxylic acid groups (broad SMARTS) is 1. The molecule has 1 aromatic rings.